The third kappa shape index (κ3) is 5.57. The van der Waals surface area contributed by atoms with Crippen LogP contribution in [-0.2, 0) is 17.9 Å². The van der Waals surface area contributed by atoms with Crippen molar-refractivity contribution in [1.29, 1.82) is 0 Å². The molecular formula is C20H20BrFN4O2S. The molecule has 1 heterocycles. The van der Waals surface area contributed by atoms with Crippen molar-refractivity contribution in [1.82, 2.24) is 14.8 Å². The van der Waals surface area contributed by atoms with Crippen molar-refractivity contribution >= 4 is 39.3 Å². The molecule has 0 unspecified atom stereocenters. The largest absolute Gasteiger partial charge is 0.485 e. The number of nitrogens with one attached hydrogen (secondary N) is 1. The Balaban J connectivity index is 1.59. The maximum Gasteiger partial charge on any atom is 0.234 e. The topological polar surface area (TPSA) is 69.0 Å². The van der Waals surface area contributed by atoms with E-state index in [2.05, 4.69) is 31.4 Å². The molecule has 0 bridgehead atoms. The van der Waals surface area contributed by atoms with Crippen molar-refractivity contribution in [2.24, 2.45) is 0 Å². The van der Waals surface area contributed by atoms with Gasteiger partial charge in [-0.1, -0.05) is 45.9 Å². The lowest BCUT2D eigenvalue weighted by molar-refractivity contribution is -0.113. The highest BCUT2D eigenvalue weighted by molar-refractivity contribution is 9.10. The Hall–Kier alpha value is -2.39. The number of carbonyl (C=O) groups excluding carboxylic acids is 1. The number of halogens is 2. The Kier molecular flexibility index (Phi) is 7.27. The summed E-state index contributed by atoms with van der Waals surface area (Å²) in [5.74, 6) is 0.747. The van der Waals surface area contributed by atoms with Crippen LogP contribution >= 0.6 is 27.7 Å². The number of nitrogens with zero attached hydrogens (tertiary/aromatic N) is 3. The molecule has 6 nitrogen and oxygen atoms in total. The summed E-state index contributed by atoms with van der Waals surface area (Å²) in [6.07, 6.45) is 0. The molecule has 0 aliphatic carbocycles. The third-order valence-corrected chi connectivity index (χ3v) is 5.56. The molecule has 0 radical (unpaired) electrons. The van der Waals surface area contributed by atoms with Gasteiger partial charge in [-0.15, -0.1) is 10.2 Å². The highest BCUT2D eigenvalue weighted by atomic mass is 79.9. The first-order valence-corrected chi connectivity index (χ1v) is 10.7. The molecule has 1 N–H and O–H groups in total. The average molecular weight is 479 g/mol. The van der Waals surface area contributed by atoms with E-state index < -0.39 is 5.82 Å². The van der Waals surface area contributed by atoms with Gasteiger partial charge in [0.25, 0.3) is 0 Å². The van der Waals surface area contributed by atoms with Crippen molar-refractivity contribution in [3.63, 3.8) is 0 Å². The lowest BCUT2D eigenvalue weighted by Crippen LogP contribution is -2.15. The van der Waals surface area contributed by atoms with Crippen LogP contribution in [0.5, 0.6) is 5.75 Å². The van der Waals surface area contributed by atoms with E-state index in [0.29, 0.717) is 22.0 Å². The first kappa shape index (κ1) is 21.3. The van der Waals surface area contributed by atoms with Gasteiger partial charge < -0.3 is 14.6 Å². The zero-order valence-electron chi connectivity index (χ0n) is 16.0. The maximum absolute atomic E-state index is 13.9. The highest BCUT2D eigenvalue weighted by Gasteiger charge is 2.15. The molecule has 0 saturated carbocycles. The molecule has 0 aliphatic heterocycles. The van der Waals surface area contributed by atoms with Gasteiger partial charge in [0, 0.05) is 11.0 Å². The summed E-state index contributed by atoms with van der Waals surface area (Å²) in [5, 5.41) is 11.5. The van der Waals surface area contributed by atoms with Crippen LogP contribution in [0, 0.1) is 12.7 Å². The number of ether oxygens (including phenoxy) is 1. The number of aryl methyl sites for hydroxylation is 1. The Morgan fingerprint density at radius 1 is 1.28 bits per heavy atom. The van der Waals surface area contributed by atoms with Crippen molar-refractivity contribution < 1.29 is 13.9 Å². The molecule has 0 aliphatic rings. The van der Waals surface area contributed by atoms with E-state index in [1.54, 1.807) is 6.07 Å². The lowest BCUT2D eigenvalue weighted by Gasteiger charge is -2.10. The molecule has 3 aromatic rings. The van der Waals surface area contributed by atoms with E-state index in [4.69, 9.17) is 4.74 Å². The van der Waals surface area contributed by atoms with Crippen LogP contribution in [0.2, 0.25) is 0 Å². The Bertz CT molecular complexity index is 1010. The number of hydrogen-bond donors (Lipinski definition) is 1. The van der Waals surface area contributed by atoms with E-state index in [9.17, 15) is 9.18 Å². The molecule has 1 aromatic heterocycles. The van der Waals surface area contributed by atoms with Crippen LogP contribution in [0.15, 0.2) is 52.1 Å². The number of aromatic nitrogens is 3. The minimum atomic E-state index is -0.495. The summed E-state index contributed by atoms with van der Waals surface area (Å²) in [6.45, 7) is 4.88. The number of hydrogen-bond acceptors (Lipinski definition) is 5. The van der Waals surface area contributed by atoms with Crippen molar-refractivity contribution in [2.45, 2.75) is 32.2 Å². The molecule has 0 spiro atoms. The molecule has 2 aromatic carbocycles. The fourth-order valence-corrected chi connectivity index (χ4v) is 3.77. The summed E-state index contributed by atoms with van der Waals surface area (Å²) in [7, 11) is 0. The Morgan fingerprint density at radius 2 is 2.07 bits per heavy atom. The van der Waals surface area contributed by atoms with Gasteiger partial charge in [0.1, 0.15) is 18.2 Å². The summed E-state index contributed by atoms with van der Waals surface area (Å²) in [4.78, 5) is 12.2. The maximum atomic E-state index is 13.9. The predicted octanol–water partition coefficient (Wildman–Crippen LogP) is 4.82. The molecule has 9 heteroatoms. The predicted molar refractivity (Wildman–Crippen MR) is 115 cm³/mol. The minimum absolute atomic E-state index is 0.0896. The van der Waals surface area contributed by atoms with Gasteiger partial charge in [-0.2, -0.15) is 0 Å². The molecule has 152 valence electrons. The molecule has 29 heavy (non-hydrogen) atoms. The second kappa shape index (κ2) is 9.89. The smallest absolute Gasteiger partial charge is 0.234 e. The first-order chi connectivity index (χ1) is 14.0. The van der Waals surface area contributed by atoms with Crippen LogP contribution in [0.4, 0.5) is 10.1 Å². The molecule has 3 rings (SSSR count). The van der Waals surface area contributed by atoms with Gasteiger partial charge in [0.2, 0.25) is 5.91 Å². The monoisotopic (exact) mass is 478 g/mol. The zero-order chi connectivity index (χ0) is 20.8. The van der Waals surface area contributed by atoms with Gasteiger partial charge in [-0.25, -0.2) is 4.39 Å². The summed E-state index contributed by atoms with van der Waals surface area (Å²) < 4.78 is 22.2. The van der Waals surface area contributed by atoms with Crippen LogP contribution in [0.1, 0.15) is 18.3 Å². The van der Waals surface area contributed by atoms with Gasteiger partial charge >= 0.3 is 0 Å². The number of benzene rings is 2. The van der Waals surface area contributed by atoms with E-state index in [-0.39, 0.29) is 24.0 Å². The third-order valence-electron chi connectivity index (χ3n) is 4.10. The fraction of sp³-hybridized carbons (Fsp3) is 0.250. The number of para-hydroxylation sites is 1. The second-order valence-corrected chi connectivity index (χ2v) is 8.02. The molecule has 0 saturated heterocycles. The Labute approximate surface area is 181 Å². The molecule has 0 atom stereocenters. The fourth-order valence-electron chi connectivity index (χ4n) is 2.62. The van der Waals surface area contributed by atoms with Crippen molar-refractivity contribution in [3.05, 3.63) is 64.1 Å². The Morgan fingerprint density at radius 3 is 2.79 bits per heavy atom. The minimum Gasteiger partial charge on any atom is -0.485 e. The van der Waals surface area contributed by atoms with Crippen LogP contribution in [0.25, 0.3) is 0 Å². The lowest BCUT2D eigenvalue weighted by atomic mass is 10.2. The summed E-state index contributed by atoms with van der Waals surface area (Å²) in [5.41, 5.74) is 1.18. The van der Waals surface area contributed by atoms with Crippen LogP contribution in [-0.4, -0.2) is 26.4 Å². The number of carbonyl (C=O) groups is 1. The number of amides is 1. The van der Waals surface area contributed by atoms with Gasteiger partial charge in [0.05, 0.1) is 11.4 Å². The van der Waals surface area contributed by atoms with Gasteiger partial charge in [-0.3, -0.25) is 4.79 Å². The van der Waals surface area contributed by atoms with Gasteiger partial charge in [0.15, 0.2) is 11.0 Å². The molecule has 1 amide bonds. The van der Waals surface area contributed by atoms with Gasteiger partial charge in [-0.05, 0) is 43.7 Å². The van der Waals surface area contributed by atoms with E-state index >= 15 is 0 Å². The number of rotatable bonds is 8. The van der Waals surface area contributed by atoms with E-state index in [1.807, 2.05) is 42.7 Å². The molecule has 0 fully saturated rings. The first-order valence-electron chi connectivity index (χ1n) is 8.96. The summed E-state index contributed by atoms with van der Waals surface area (Å²) >= 11 is 4.43. The van der Waals surface area contributed by atoms with E-state index in [0.717, 1.165) is 11.3 Å². The second-order valence-electron chi connectivity index (χ2n) is 6.16. The number of thioether (sulfide) groups is 1. The normalized spacial score (nSPS) is 10.8. The van der Waals surface area contributed by atoms with Crippen LogP contribution < -0.4 is 10.1 Å². The van der Waals surface area contributed by atoms with Crippen LogP contribution in [0.3, 0.4) is 0 Å². The van der Waals surface area contributed by atoms with E-state index in [1.165, 1.54) is 23.9 Å². The highest BCUT2D eigenvalue weighted by Crippen LogP contribution is 2.22. The summed E-state index contributed by atoms with van der Waals surface area (Å²) in [6, 6.07) is 12.2. The quantitative estimate of drug-likeness (QED) is 0.470. The van der Waals surface area contributed by atoms with Crippen molar-refractivity contribution in [2.75, 3.05) is 11.1 Å². The van der Waals surface area contributed by atoms with Crippen molar-refractivity contribution in [3.8, 4) is 5.75 Å². The molecular weight excluding hydrogens is 459 g/mol. The average Bonchev–Trinajstić information content (AvgIpc) is 3.10. The standard InChI is InChI=1S/C20H20BrFN4O2S/c1-3-26-18(11-28-17-7-5-4-6-13(17)2)24-25-20(26)29-12-19(27)23-16-9-8-14(21)10-15(16)22/h4-10H,3,11-12H2,1-2H3,(H,23,27). The SMILES string of the molecule is CCn1c(COc2ccccc2C)nnc1SCC(=O)Nc1ccc(Br)cc1F. The number of anilines is 1. The zero-order valence-corrected chi connectivity index (χ0v) is 18.4.